The number of nitrogens with one attached hydrogen (secondary N) is 4. The van der Waals surface area contributed by atoms with Gasteiger partial charge in [0.05, 0.1) is 11.2 Å². The summed E-state index contributed by atoms with van der Waals surface area (Å²) in [4.78, 5) is 57.7. The molecule has 0 spiro atoms. The summed E-state index contributed by atoms with van der Waals surface area (Å²) in [6, 6.07) is 39.9. The van der Waals surface area contributed by atoms with Crippen molar-refractivity contribution in [2.45, 2.75) is 64.1 Å². The first-order chi connectivity index (χ1) is 30.5. The number of benzene rings is 5. The minimum absolute atomic E-state index is 0.0499. The van der Waals surface area contributed by atoms with Crippen LogP contribution in [0.4, 0.5) is 16.2 Å². The molecule has 6 aromatic rings. The van der Waals surface area contributed by atoms with Gasteiger partial charge in [-0.15, -0.1) is 0 Å². The predicted octanol–water partition coefficient (Wildman–Crippen LogP) is 8.22. The Hall–Kier alpha value is -6.76. The van der Waals surface area contributed by atoms with Crippen LogP contribution in [0.3, 0.4) is 0 Å². The fraction of sp³-hybridized carbons (Fsp3) is 0.294. The molecule has 0 radical (unpaired) electrons. The van der Waals surface area contributed by atoms with Crippen LogP contribution in [0, 0.1) is 0 Å². The molecule has 5 aromatic carbocycles. The molecule has 0 unspecified atom stereocenters. The van der Waals surface area contributed by atoms with E-state index in [1.807, 2.05) is 78.9 Å². The van der Waals surface area contributed by atoms with E-state index < -0.39 is 6.09 Å². The highest BCUT2D eigenvalue weighted by Gasteiger charge is 2.24. The number of amides is 3. The van der Waals surface area contributed by atoms with Crippen LogP contribution in [0.5, 0.6) is 5.75 Å². The first kappa shape index (κ1) is 44.3. The lowest BCUT2D eigenvalue weighted by molar-refractivity contribution is -0.118. The molecule has 1 saturated heterocycles. The summed E-state index contributed by atoms with van der Waals surface area (Å²) in [7, 11) is 1.73. The molecular weight excluding hydrogens is 793 g/mol. The van der Waals surface area contributed by atoms with E-state index in [4.69, 9.17) is 4.74 Å². The number of para-hydroxylation sites is 1. The van der Waals surface area contributed by atoms with E-state index in [0.717, 1.165) is 53.7 Å². The van der Waals surface area contributed by atoms with Crippen molar-refractivity contribution in [3.63, 3.8) is 0 Å². The first-order valence-electron chi connectivity index (χ1n) is 21.7. The molecule has 2 atom stereocenters. The molecule has 12 heteroatoms. The number of likely N-dealkylation sites (tertiary alicyclic amines) is 1. The van der Waals surface area contributed by atoms with Gasteiger partial charge < -0.3 is 35.3 Å². The molecular formula is C51H56N6O6. The highest BCUT2D eigenvalue weighted by Crippen LogP contribution is 2.30. The lowest BCUT2D eigenvalue weighted by atomic mass is 9.95. The highest BCUT2D eigenvalue weighted by molar-refractivity contribution is 5.98. The van der Waals surface area contributed by atoms with Crippen molar-refractivity contribution in [1.82, 2.24) is 20.5 Å². The number of aromatic hydroxyl groups is 1. The zero-order valence-corrected chi connectivity index (χ0v) is 36.1. The normalized spacial score (nSPS) is 14.1. The Morgan fingerprint density at radius 1 is 0.857 bits per heavy atom. The van der Waals surface area contributed by atoms with Crippen LogP contribution in [0.15, 0.2) is 132 Å². The monoisotopic (exact) mass is 848 g/mol. The second-order valence-electron chi connectivity index (χ2n) is 16.4. The summed E-state index contributed by atoms with van der Waals surface area (Å²) in [5.41, 5.74) is 7.17. The summed E-state index contributed by atoms with van der Waals surface area (Å²) in [5.74, 6) is -0.0641. The summed E-state index contributed by atoms with van der Waals surface area (Å²) in [6.45, 7) is 7.38. The number of aromatic nitrogens is 1. The van der Waals surface area contributed by atoms with Crippen LogP contribution < -0.4 is 26.4 Å². The molecule has 0 bridgehead atoms. The Balaban J connectivity index is 0.809. The van der Waals surface area contributed by atoms with Crippen LogP contribution in [0.1, 0.15) is 66.1 Å². The second kappa shape index (κ2) is 20.9. The number of nitrogens with zero attached hydrogens (tertiary/aromatic N) is 2. The fourth-order valence-corrected chi connectivity index (χ4v) is 8.10. The maximum absolute atomic E-state index is 13.3. The Bertz CT molecular complexity index is 2570. The number of hydrogen-bond acceptors (Lipinski definition) is 8. The molecule has 2 heterocycles. The smallest absolute Gasteiger partial charge is 0.411 e. The van der Waals surface area contributed by atoms with E-state index in [0.29, 0.717) is 54.8 Å². The van der Waals surface area contributed by atoms with Crippen molar-refractivity contribution in [3.8, 4) is 16.9 Å². The van der Waals surface area contributed by atoms with Gasteiger partial charge in [-0.3, -0.25) is 19.7 Å². The number of H-pyrrole nitrogens is 1. The van der Waals surface area contributed by atoms with Gasteiger partial charge in [-0.2, -0.15) is 0 Å². The number of pyridine rings is 1. The third-order valence-corrected chi connectivity index (χ3v) is 11.8. The number of phenolic OH excluding ortho intramolecular Hbond substituents is 1. The third kappa shape index (κ3) is 11.8. The van der Waals surface area contributed by atoms with Crippen molar-refractivity contribution >= 4 is 40.2 Å². The maximum Gasteiger partial charge on any atom is 0.411 e. The molecule has 7 rings (SSSR count). The number of carbonyl (C=O) groups is 3. The molecule has 326 valence electrons. The highest BCUT2D eigenvalue weighted by atomic mass is 16.6. The van der Waals surface area contributed by atoms with Gasteiger partial charge in [0.1, 0.15) is 11.9 Å². The summed E-state index contributed by atoms with van der Waals surface area (Å²) in [6.07, 6.45) is 1.84. The molecule has 1 aliphatic rings. The Labute approximate surface area is 368 Å². The lowest BCUT2D eigenvalue weighted by Gasteiger charge is -2.31. The van der Waals surface area contributed by atoms with Gasteiger partial charge in [-0.05, 0) is 90.8 Å². The Morgan fingerprint density at radius 3 is 2.37 bits per heavy atom. The minimum atomic E-state index is -0.472. The predicted molar refractivity (Wildman–Crippen MR) is 249 cm³/mol. The molecule has 5 N–H and O–H groups in total. The second-order valence-corrected chi connectivity index (χ2v) is 16.4. The number of anilines is 2. The first-order valence-corrected chi connectivity index (χ1v) is 21.7. The number of aromatic amines is 1. The number of piperidine rings is 1. The van der Waals surface area contributed by atoms with Crippen molar-refractivity contribution in [1.29, 1.82) is 0 Å². The van der Waals surface area contributed by atoms with Gasteiger partial charge in [0.25, 0.3) is 5.91 Å². The van der Waals surface area contributed by atoms with E-state index in [9.17, 15) is 24.3 Å². The molecule has 1 aromatic heterocycles. The number of carbonyl (C=O) groups excluding carboxylic acids is 3. The fourth-order valence-electron chi connectivity index (χ4n) is 8.10. The Kier molecular flexibility index (Phi) is 14.7. The Morgan fingerprint density at radius 2 is 1.59 bits per heavy atom. The van der Waals surface area contributed by atoms with Crippen LogP contribution in [0.2, 0.25) is 0 Å². The number of phenols is 1. The number of ether oxygens (including phenoxy) is 1. The standard InChI is InChI=1S/C51H56N6O6/c1-34(42-20-22-46(58)49-44(42)21-23-47(59)55-49)32-52-35(2)30-36-16-18-37(19-17-36)33-53-50(61)39-12-9-13-40(31-39)56(3)48(60)26-29-57-27-24-41(25-28-57)63-51(62)54-45-15-8-7-14-43(45)38-10-5-4-6-11-38/h4-23,31,34-35,41,52,58H,24-30,32-33H2,1-3H3,(H,53,61)(H,54,62)(H,55,59)/t34-,35-/m0/s1. The van der Waals surface area contributed by atoms with E-state index in [-0.39, 0.29) is 41.2 Å². The number of fused-ring (bicyclic) bond motifs is 1. The summed E-state index contributed by atoms with van der Waals surface area (Å²) >= 11 is 0. The van der Waals surface area contributed by atoms with E-state index >= 15 is 0 Å². The van der Waals surface area contributed by atoms with Gasteiger partial charge in [0.2, 0.25) is 11.5 Å². The van der Waals surface area contributed by atoms with Crippen molar-refractivity contribution in [2.24, 2.45) is 0 Å². The average Bonchev–Trinajstić information content (AvgIpc) is 3.30. The van der Waals surface area contributed by atoms with Crippen LogP contribution in [-0.2, 0) is 22.5 Å². The van der Waals surface area contributed by atoms with Gasteiger partial charge in [0.15, 0.2) is 0 Å². The molecule has 1 aliphatic heterocycles. The SMILES string of the molecule is C[C@@H](Cc1ccc(CNC(=O)c2cccc(N(C)C(=O)CCN3CCC(OC(=O)Nc4ccccc4-c4ccccc4)CC3)c2)cc1)NC[C@H](C)c1ccc(O)c2[nH]c(=O)ccc12. The third-order valence-electron chi connectivity index (χ3n) is 11.8. The van der Waals surface area contributed by atoms with E-state index in [2.05, 4.69) is 51.8 Å². The molecule has 0 aliphatic carbocycles. The molecule has 1 fully saturated rings. The topological polar surface area (TPSA) is 156 Å². The minimum Gasteiger partial charge on any atom is -0.506 e. The summed E-state index contributed by atoms with van der Waals surface area (Å²) < 4.78 is 5.79. The maximum atomic E-state index is 13.3. The molecule has 12 nitrogen and oxygen atoms in total. The van der Waals surface area contributed by atoms with E-state index in [1.54, 1.807) is 42.3 Å². The van der Waals surface area contributed by atoms with Gasteiger partial charge in [-0.25, -0.2) is 4.79 Å². The zero-order valence-electron chi connectivity index (χ0n) is 36.1. The number of hydrogen-bond donors (Lipinski definition) is 5. The van der Waals surface area contributed by atoms with Crippen LogP contribution >= 0.6 is 0 Å². The molecule has 3 amide bonds. The van der Waals surface area contributed by atoms with E-state index in [1.165, 1.54) is 11.6 Å². The molecule has 63 heavy (non-hydrogen) atoms. The van der Waals surface area contributed by atoms with Gasteiger partial charge >= 0.3 is 6.09 Å². The zero-order chi connectivity index (χ0) is 44.3. The average molecular weight is 849 g/mol. The number of rotatable bonds is 16. The van der Waals surface area contributed by atoms with Crippen molar-refractivity contribution in [3.05, 3.63) is 160 Å². The molecule has 0 saturated carbocycles. The lowest BCUT2D eigenvalue weighted by Crippen LogP contribution is -2.40. The largest absolute Gasteiger partial charge is 0.506 e. The van der Waals surface area contributed by atoms with Gasteiger partial charge in [0, 0.05) is 80.5 Å². The summed E-state index contributed by atoms with van der Waals surface area (Å²) in [5, 5.41) is 20.6. The van der Waals surface area contributed by atoms with Crippen molar-refractivity contribution in [2.75, 3.05) is 43.4 Å². The van der Waals surface area contributed by atoms with Crippen LogP contribution in [0.25, 0.3) is 22.0 Å². The van der Waals surface area contributed by atoms with Crippen molar-refractivity contribution < 1.29 is 24.2 Å². The van der Waals surface area contributed by atoms with Crippen LogP contribution in [-0.4, -0.2) is 78.3 Å². The van der Waals surface area contributed by atoms with Gasteiger partial charge in [-0.1, -0.05) is 91.9 Å². The quantitative estimate of drug-likeness (QED) is 0.0653.